The van der Waals surface area contributed by atoms with E-state index >= 15 is 0 Å². The number of hydrogen-bond donors (Lipinski definition) is 1. The van der Waals surface area contributed by atoms with Crippen LogP contribution in [0, 0.1) is 16.7 Å². The molecule has 1 rings (SSSR count). The van der Waals surface area contributed by atoms with Crippen molar-refractivity contribution >= 4 is 17.7 Å². The molecular weight excluding hydrogens is 224 g/mol. The Morgan fingerprint density at radius 2 is 2.38 bits per heavy atom. The van der Waals surface area contributed by atoms with Crippen molar-refractivity contribution in [3.05, 3.63) is 0 Å². The minimum Gasteiger partial charge on any atom is -0.465 e. The highest BCUT2D eigenvalue weighted by Crippen LogP contribution is 2.38. The van der Waals surface area contributed by atoms with Crippen LogP contribution in [-0.2, 0) is 9.53 Å². The lowest BCUT2D eigenvalue weighted by Gasteiger charge is -2.39. The summed E-state index contributed by atoms with van der Waals surface area (Å²) in [4.78, 5) is 11.8. The summed E-state index contributed by atoms with van der Waals surface area (Å²) in [5.74, 6) is 1.53. The zero-order chi connectivity index (χ0) is 12.0. The average molecular weight is 242 g/mol. The molecule has 0 unspecified atom stereocenters. The largest absolute Gasteiger partial charge is 0.465 e. The SMILES string of the molecule is CCOC(=O)C1(CN[C@@H](C)CC#N)CSC1. The van der Waals surface area contributed by atoms with Crippen LogP contribution in [0.15, 0.2) is 0 Å². The first-order chi connectivity index (χ1) is 7.64. The summed E-state index contributed by atoms with van der Waals surface area (Å²) < 4.78 is 5.08. The number of carbonyl (C=O) groups excluding carboxylic acids is 1. The molecule has 1 aliphatic rings. The third-order valence-electron chi connectivity index (χ3n) is 2.65. The Morgan fingerprint density at radius 1 is 1.69 bits per heavy atom. The molecule has 1 N–H and O–H groups in total. The first-order valence-electron chi connectivity index (χ1n) is 5.50. The lowest BCUT2D eigenvalue weighted by atomic mass is 9.91. The van der Waals surface area contributed by atoms with Gasteiger partial charge in [-0.2, -0.15) is 17.0 Å². The fraction of sp³-hybridized carbons (Fsp3) is 0.818. The molecule has 4 nitrogen and oxygen atoms in total. The van der Waals surface area contributed by atoms with E-state index in [0.717, 1.165) is 11.5 Å². The Labute approximate surface area is 101 Å². The van der Waals surface area contributed by atoms with E-state index in [1.54, 1.807) is 11.8 Å². The van der Waals surface area contributed by atoms with Crippen LogP contribution in [0.2, 0.25) is 0 Å². The molecule has 0 aromatic rings. The number of rotatable bonds is 6. The highest BCUT2D eigenvalue weighted by atomic mass is 32.2. The minimum atomic E-state index is -0.357. The standard InChI is InChI=1S/C11H18N2O2S/c1-3-15-10(14)11(7-16-8-11)6-13-9(2)4-5-12/h9,13H,3-4,6-8H2,1-2H3/t9-/m0/s1. The predicted octanol–water partition coefficient (Wildman–Crippen LogP) is 1.17. The van der Waals surface area contributed by atoms with Gasteiger partial charge in [0.1, 0.15) is 0 Å². The number of hydrogen-bond acceptors (Lipinski definition) is 5. The molecule has 0 aromatic heterocycles. The van der Waals surface area contributed by atoms with E-state index < -0.39 is 0 Å². The second-order valence-corrected chi connectivity index (χ2v) is 5.12. The van der Waals surface area contributed by atoms with Crippen LogP contribution in [0.5, 0.6) is 0 Å². The van der Waals surface area contributed by atoms with Crippen molar-refractivity contribution in [3.8, 4) is 6.07 Å². The fourth-order valence-corrected chi connectivity index (χ4v) is 2.64. The molecule has 5 heteroatoms. The summed E-state index contributed by atoms with van der Waals surface area (Å²) in [5, 5.41) is 11.8. The number of esters is 1. The second kappa shape index (κ2) is 6.12. The normalized spacial score (nSPS) is 19.3. The third-order valence-corrected chi connectivity index (χ3v) is 4.16. The number of nitrogens with zero attached hydrogens (tertiary/aromatic N) is 1. The van der Waals surface area contributed by atoms with Crippen molar-refractivity contribution in [2.24, 2.45) is 5.41 Å². The zero-order valence-corrected chi connectivity index (χ0v) is 10.6. The molecule has 0 amide bonds. The maximum atomic E-state index is 11.8. The summed E-state index contributed by atoms with van der Waals surface area (Å²) in [7, 11) is 0. The molecule has 0 radical (unpaired) electrons. The number of ether oxygens (including phenoxy) is 1. The monoisotopic (exact) mass is 242 g/mol. The Bertz CT molecular complexity index is 284. The van der Waals surface area contributed by atoms with E-state index in [9.17, 15) is 4.79 Å². The highest BCUT2D eigenvalue weighted by molar-refractivity contribution is 8.00. The van der Waals surface area contributed by atoms with E-state index in [0.29, 0.717) is 19.6 Å². The summed E-state index contributed by atoms with van der Waals surface area (Å²) in [6, 6.07) is 2.24. The first-order valence-corrected chi connectivity index (χ1v) is 6.65. The Balaban J connectivity index is 2.42. The van der Waals surface area contributed by atoms with E-state index in [4.69, 9.17) is 10.00 Å². The topological polar surface area (TPSA) is 62.1 Å². The van der Waals surface area contributed by atoms with Crippen molar-refractivity contribution in [3.63, 3.8) is 0 Å². The Hall–Kier alpha value is -0.730. The van der Waals surface area contributed by atoms with Crippen LogP contribution >= 0.6 is 11.8 Å². The van der Waals surface area contributed by atoms with Gasteiger partial charge in [-0.05, 0) is 13.8 Å². The van der Waals surface area contributed by atoms with Gasteiger partial charge in [-0.25, -0.2) is 0 Å². The second-order valence-electron chi connectivity index (χ2n) is 4.14. The van der Waals surface area contributed by atoms with Crippen molar-refractivity contribution in [2.45, 2.75) is 26.3 Å². The van der Waals surface area contributed by atoms with Crippen molar-refractivity contribution in [1.82, 2.24) is 5.32 Å². The zero-order valence-electron chi connectivity index (χ0n) is 9.78. The van der Waals surface area contributed by atoms with E-state index in [1.165, 1.54) is 0 Å². The fourth-order valence-electron chi connectivity index (χ4n) is 1.50. The quantitative estimate of drug-likeness (QED) is 0.709. The molecule has 90 valence electrons. The van der Waals surface area contributed by atoms with Gasteiger partial charge >= 0.3 is 5.97 Å². The van der Waals surface area contributed by atoms with Crippen molar-refractivity contribution < 1.29 is 9.53 Å². The van der Waals surface area contributed by atoms with Crippen LogP contribution in [-0.4, -0.2) is 36.7 Å². The smallest absolute Gasteiger partial charge is 0.315 e. The lowest BCUT2D eigenvalue weighted by molar-refractivity contribution is -0.153. The maximum Gasteiger partial charge on any atom is 0.315 e. The summed E-state index contributed by atoms with van der Waals surface area (Å²) in [5.41, 5.74) is -0.357. The average Bonchev–Trinajstić information content (AvgIpc) is 2.17. The first kappa shape index (κ1) is 13.3. The maximum absolute atomic E-state index is 11.8. The van der Waals surface area contributed by atoms with E-state index in [2.05, 4.69) is 11.4 Å². The van der Waals surface area contributed by atoms with Crippen molar-refractivity contribution in [1.29, 1.82) is 5.26 Å². The number of nitrogens with one attached hydrogen (secondary N) is 1. The molecule has 1 fully saturated rings. The van der Waals surface area contributed by atoms with Crippen LogP contribution in [0.3, 0.4) is 0 Å². The summed E-state index contributed by atoms with van der Waals surface area (Å²) in [6.45, 7) is 4.82. The van der Waals surface area contributed by atoms with Crippen molar-refractivity contribution in [2.75, 3.05) is 24.7 Å². The summed E-state index contributed by atoms with van der Waals surface area (Å²) in [6.07, 6.45) is 0.464. The van der Waals surface area contributed by atoms with Crippen LogP contribution in [0.25, 0.3) is 0 Å². The number of nitriles is 1. The third kappa shape index (κ3) is 3.13. The van der Waals surface area contributed by atoms with Gasteiger partial charge in [-0.1, -0.05) is 0 Å². The number of thioether (sulfide) groups is 1. The van der Waals surface area contributed by atoms with Crippen LogP contribution in [0.4, 0.5) is 0 Å². The molecule has 1 atom stereocenters. The lowest BCUT2D eigenvalue weighted by Crippen LogP contribution is -2.52. The highest BCUT2D eigenvalue weighted by Gasteiger charge is 2.46. The van der Waals surface area contributed by atoms with E-state index in [-0.39, 0.29) is 17.4 Å². The predicted molar refractivity (Wildman–Crippen MR) is 64.1 cm³/mol. The summed E-state index contributed by atoms with van der Waals surface area (Å²) >= 11 is 1.76. The Kier molecular flexibility index (Phi) is 5.10. The van der Waals surface area contributed by atoms with Gasteiger partial charge in [0, 0.05) is 24.1 Å². The van der Waals surface area contributed by atoms with E-state index in [1.807, 2.05) is 13.8 Å². The molecule has 1 saturated heterocycles. The molecule has 0 aliphatic carbocycles. The molecule has 1 heterocycles. The Morgan fingerprint density at radius 3 is 2.81 bits per heavy atom. The van der Waals surface area contributed by atoms with Gasteiger partial charge in [0.05, 0.1) is 24.5 Å². The van der Waals surface area contributed by atoms with Crippen LogP contribution < -0.4 is 5.32 Å². The van der Waals surface area contributed by atoms with Gasteiger partial charge in [-0.15, -0.1) is 0 Å². The van der Waals surface area contributed by atoms with Crippen LogP contribution in [0.1, 0.15) is 20.3 Å². The van der Waals surface area contributed by atoms with Gasteiger partial charge in [0.15, 0.2) is 0 Å². The van der Waals surface area contributed by atoms with Gasteiger partial charge in [-0.3, -0.25) is 4.79 Å². The molecule has 1 aliphatic heterocycles. The van der Waals surface area contributed by atoms with Gasteiger partial charge < -0.3 is 10.1 Å². The molecule has 0 saturated carbocycles. The molecule has 0 aromatic carbocycles. The molecule has 16 heavy (non-hydrogen) atoms. The van der Waals surface area contributed by atoms with Gasteiger partial charge in [0.2, 0.25) is 0 Å². The molecular formula is C11H18N2O2S. The van der Waals surface area contributed by atoms with Gasteiger partial charge in [0.25, 0.3) is 0 Å². The minimum absolute atomic E-state index is 0.106. The number of carbonyl (C=O) groups is 1. The molecule has 0 bridgehead atoms. The molecule has 0 spiro atoms.